The molecule has 0 aliphatic rings. The maximum Gasteiger partial charge on any atom is 0.136 e. The molecule has 0 aliphatic carbocycles. The van der Waals surface area contributed by atoms with E-state index in [1.54, 1.807) is 0 Å². The Morgan fingerprint density at radius 3 is 1.78 bits per heavy atom. The van der Waals surface area contributed by atoms with E-state index in [-0.39, 0.29) is 0 Å². The summed E-state index contributed by atoms with van der Waals surface area (Å²) in [5.41, 5.74) is 9.97. The van der Waals surface area contributed by atoms with Crippen LogP contribution in [-0.2, 0) is 0 Å². The van der Waals surface area contributed by atoms with Crippen molar-refractivity contribution in [2.45, 2.75) is 0 Å². The lowest BCUT2D eigenvalue weighted by Crippen LogP contribution is -2.10. The molecule has 1 aromatic heterocycles. The Kier molecular flexibility index (Phi) is 6.17. The monoisotopic (exact) mass is 587 g/mol. The smallest absolute Gasteiger partial charge is 0.136 e. The number of hydrogen-bond donors (Lipinski definition) is 0. The summed E-state index contributed by atoms with van der Waals surface area (Å²) >= 11 is 0. The second-order valence-electron chi connectivity index (χ2n) is 11.8. The minimum atomic E-state index is 0.906. The van der Waals surface area contributed by atoms with Crippen molar-refractivity contribution in [3.8, 4) is 22.3 Å². The lowest BCUT2D eigenvalue weighted by Gasteiger charge is -2.27. The summed E-state index contributed by atoms with van der Waals surface area (Å²) in [6.45, 7) is 0. The van der Waals surface area contributed by atoms with Crippen LogP contribution in [-0.4, -0.2) is 0 Å². The maximum atomic E-state index is 6.27. The molecule has 0 atom stereocenters. The molecule has 0 saturated carbocycles. The first-order chi connectivity index (χ1) is 22.8. The van der Waals surface area contributed by atoms with Crippen molar-refractivity contribution >= 4 is 60.5 Å². The fourth-order valence-corrected chi connectivity index (χ4v) is 6.80. The van der Waals surface area contributed by atoms with Crippen LogP contribution < -0.4 is 4.90 Å². The van der Waals surface area contributed by atoms with Crippen LogP contribution in [0.2, 0.25) is 0 Å². The van der Waals surface area contributed by atoms with Gasteiger partial charge in [-0.15, -0.1) is 0 Å². The van der Waals surface area contributed by atoms with E-state index in [1.807, 2.05) is 12.1 Å². The number of anilines is 3. The molecule has 8 aromatic carbocycles. The topological polar surface area (TPSA) is 16.4 Å². The van der Waals surface area contributed by atoms with E-state index in [9.17, 15) is 0 Å². The van der Waals surface area contributed by atoms with E-state index in [0.717, 1.165) is 39.0 Å². The second kappa shape index (κ2) is 10.8. The fourth-order valence-electron chi connectivity index (χ4n) is 6.80. The molecule has 0 N–H and O–H groups in total. The predicted octanol–water partition coefficient (Wildman–Crippen LogP) is 12.7. The predicted molar refractivity (Wildman–Crippen MR) is 194 cm³/mol. The van der Waals surface area contributed by atoms with Gasteiger partial charge in [-0.3, -0.25) is 0 Å². The zero-order valence-corrected chi connectivity index (χ0v) is 25.1. The molecule has 0 amide bonds. The van der Waals surface area contributed by atoms with Gasteiger partial charge in [0, 0.05) is 27.5 Å². The molecule has 2 heteroatoms. The van der Waals surface area contributed by atoms with Crippen molar-refractivity contribution in [2.24, 2.45) is 0 Å². The highest BCUT2D eigenvalue weighted by Gasteiger charge is 2.19. The van der Waals surface area contributed by atoms with E-state index in [4.69, 9.17) is 4.42 Å². The summed E-state index contributed by atoms with van der Waals surface area (Å²) in [6, 6.07) is 62.8. The average molecular weight is 588 g/mol. The van der Waals surface area contributed by atoms with E-state index in [0.29, 0.717) is 0 Å². The van der Waals surface area contributed by atoms with Crippen molar-refractivity contribution in [3.63, 3.8) is 0 Å². The molecule has 1 heterocycles. The van der Waals surface area contributed by atoms with Gasteiger partial charge >= 0.3 is 0 Å². The zero-order chi connectivity index (χ0) is 30.5. The molecule has 216 valence electrons. The lowest BCUT2D eigenvalue weighted by molar-refractivity contribution is 0.669. The summed E-state index contributed by atoms with van der Waals surface area (Å²) in [5, 5.41) is 7.06. The largest absolute Gasteiger partial charge is 0.456 e. The Morgan fingerprint density at radius 2 is 0.978 bits per heavy atom. The molecule has 0 saturated heterocycles. The van der Waals surface area contributed by atoms with Gasteiger partial charge in [-0.25, -0.2) is 0 Å². The summed E-state index contributed by atoms with van der Waals surface area (Å²) in [4.78, 5) is 2.39. The highest BCUT2D eigenvalue weighted by atomic mass is 16.3. The fraction of sp³-hybridized carbons (Fsp3) is 0. The second-order valence-corrected chi connectivity index (χ2v) is 11.8. The number of furan rings is 1. The van der Waals surface area contributed by atoms with Crippen molar-refractivity contribution < 1.29 is 4.42 Å². The summed E-state index contributed by atoms with van der Waals surface area (Å²) < 4.78 is 6.27. The minimum absolute atomic E-state index is 0.906. The normalized spacial score (nSPS) is 11.5. The van der Waals surface area contributed by atoms with Gasteiger partial charge in [0.1, 0.15) is 11.2 Å². The van der Waals surface area contributed by atoms with Crippen molar-refractivity contribution in [1.29, 1.82) is 0 Å². The molecule has 0 fully saturated rings. The van der Waals surface area contributed by atoms with Gasteiger partial charge < -0.3 is 9.32 Å². The van der Waals surface area contributed by atoms with Gasteiger partial charge in [0.25, 0.3) is 0 Å². The van der Waals surface area contributed by atoms with Gasteiger partial charge in [-0.05, 0) is 93.0 Å². The van der Waals surface area contributed by atoms with Crippen molar-refractivity contribution in [2.75, 3.05) is 4.90 Å². The maximum absolute atomic E-state index is 6.27. The summed E-state index contributed by atoms with van der Waals surface area (Å²) in [5.74, 6) is 0. The highest BCUT2D eigenvalue weighted by molar-refractivity contribution is 6.21. The first-order valence-electron chi connectivity index (χ1n) is 15.7. The van der Waals surface area contributed by atoms with Crippen LogP contribution in [0.5, 0.6) is 0 Å². The number of hydrogen-bond acceptors (Lipinski definition) is 2. The number of para-hydroxylation sites is 1. The molecule has 0 radical (unpaired) electrons. The van der Waals surface area contributed by atoms with Crippen molar-refractivity contribution in [1.82, 2.24) is 0 Å². The van der Waals surface area contributed by atoms with Gasteiger partial charge in [0.2, 0.25) is 0 Å². The third-order valence-corrected chi connectivity index (χ3v) is 9.04. The minimum Gasteiger partial charge on any atom is -0.456 e. The van der Waals surface area contributed by atoms with Crippen LogP contribution in [0, 0.1) is 0 Å². The van der Waals surface area contributed by atoms with E-state index < -0.39 is 0 Å². The van der Waals surface area contributed by atoms with E-state index >= 15 is 0 Å². The molecular weight excluding hydrogens is 558 g/mol. The Balaban J connectivity index is 1.26. The molecule has 0 bridgehead atoms. The quantitative estimate of drug-likeness (QED) is 0.199. The Bertz CT molecular complexity index is 2510. The number of benzene rings is 8. The summed E-state index contributed by atoms with van der Waals surface area (Å²) in [6.07, 6.45) is 0. The molecule has 2 nitrogen and oxygen atoms in total. The van der Waals surface area contributed by atoms with E-state index in [1.165, 1.54) is 43.8 Å². The van der Waals surface area contributed by atoms with Crippen LogP contribution in [0.15, 0.2) is 180 Å². The first-order valence-corrected chi connectivity index (χ1v) is 15.7. The van der Waals surface area contributed by atoms with Crippen LogP contribution in [0.25, 0.3) is 65.7 Å². The third kappa shape index (κ3) is 4.43. The standard InChI is InChI=1S/C44H29NO/c1-3-10-30(11-4-1)32-20-23-36(24-21-32)45(37-25-22-33-18-19-34(28-35(33)29-37)31-12-5-2-6-13-31)41-16-9-15-39-38(41)26-27-43-44(39)40-14-7-8-17-42(40)46-43/h1-29H. The number of nitrogens with zero attached hydrogens (tertiary/aromatic N) is 1. The van der Waals surface area contributed by atoms with Crippen LogP contribution in [0.1, 0.15) is 0 Å². The highest BCUT2D eigenvalue weighted by Crippen LogP contribution is 2.43. The van der Waals surface area contributed by atoms with Gasteiger partial charge in [-0.1, -0.05) is 121 Å². The van der Waals surface area contributed by atoms with Gasteiger partial charge in [0.05, 0.1) is 5.69 Å². The Morgan fingerprint density at radius 1 is 0.348 bits per heavy atom. The number of fused-ring (bicyclic) bond motifs is 6. The Labute approximate surface area is 267 Å². The first kappa shape index (κ1) is 26.3. The average Bonchev–Trinajstić information content (AvgIpc) is 3.52. The van der Waals surface area contributed by atoms with Crippen LogP contribution in [0.3, 0.4) is 0 Å². The molecule has 0 aliphatic heterocycles. The zero-order valence-electron chi connectivity index (χ0n) is 25.1. The SMILES string of the molecule is c1ccc(-c2ccc(N(c3ccc4ccc(-c5ccccc5)cc4c3)c3cccc4c3ccc3oc5ccccc5c34)cc2)cc1. The molecule has 46 heavy (non-hydrogen) atoms. The summed E-state index contributed by atoms with van der Waals surface area (Å²) in [7, 11) is 0. The molecule has 0 spiro atoms. The third-order valence-electron chi connectivity index (χ3n) is 9.04. The lowest BCUT2D eigenvalue weighted by atomic mass is 9.99. The molecule has 0 unspecified atom stereocenters. The van der Waals surface area contributed by atoms with Crippen LogP contribution in [0.4, 0.5) is 17.1 Å². The van der Waals surface area contributed by atoms with Crippen molar-refractivity contribution in [3.05, 3.63) is 176 Å². The van der Waals surface area contributed by atoms with E-state index in [2.05, 4.69) is 169 Å². The molecule has 9 aromatic rings. The van der Waals surface area contributed by atoms with Gasteiger partial charge in [0.15, 0.2) is 0 Å². The Hall–Kier alpha value is -6.12. The van der Waals surface area contributed by atoms with Crippen LogP contribution >= 0.6 is 0 Å². The van der Waals surface area contributed by atoms with Gasteiger partial charge in [-0.2, -0.15) is 0 Å². The molecule has 9 rings (SSSR count). The molecular formula is C44H29NO. The number of rotatable bonds is 5.